The molecular weight excluding hydrogens is 484 g/mol. The second-order valence-corrected chi connectivity index (χ2v) is 9.54. The lowest BCUT2D eigenvalue weighted by molar-refractivity contribution is -0.136. The molecule has 3 aromatic rings. The zero-order valence-electron chi connectivity index (χ0n) is 19.4. The Morgan fingerprint density at radius 2 is 1.89 bits per heavy atom. The Hall–Kier alpha value is -3.80. The molecule has 0 radical (unpaired) electrons. The van der Waals surface area contributed by atoms with Crippen molar-refractivity contribution in [1.82, 2.24) is 4.57 Å². The zero-order chi connectivity index (χ0) is 25.3. The average molecular weight is 507 g/mol. The first-order chi connectivity index (χ1) is 16.8. The summed E-state index contributed by atoms with van der Waals surface area (Å²) in [5.41, 5.74) is 8.75. The molecule has 1 unspecified atom stereocenters. The van der Waals surface area contributed by atoms with Crippen molar-refractivity contribution < 1.29 is 9.53 Å². The van der Waals surface area contributed by atoms with Gasteiger partial charge in [0.2, 0.25) is 0 Å². The summed E-state index contributed by atoms with van der Waals surface area (Å²) in [6, 6.07) is 16.7. The van der Waals surface area contributed by atoms with Crippen LogP contribution in [0.4, 0.5) is 5.69 Å². The summed E-state index contributed by atoms with van der Waals surface area (Å²) >= 11 is 7.11. The fourth-order valence-electron chi connectivity index (χ4n) is 3.96. The number of rotatable bonds is 5. The van der Waals surface area contributed by atoms with Crippen LogP contribution in [0.25, 0.3) is 17.5 Å². The highest BCUT2D eigenvalue weighted by atomic mass is 35.5. The van der Waals surface area contributed by atoms with Gasteiger partial charge in [0.05, 0.1) is 34.3 Å². The number of aromatic nitrogens is 1. The molecule has 35 heavy (non-hydrogen) atoms. The van der Waals surface area contributed by atoms with Crippen LogP contribution in [0, 0.1) is 11.3 Å². The zero-order valence-corrected chi connectivity index (χ0v) is 21.0. The van der Waals surface area contributed by atoms with E-state index < -0.39 is 17.4 Å². The maximum atomic E-state index is 13.4. The van der Waals surface area contributed by atoms with Crippen molar-refractivity contribution in [1.29, 1.82) is 5.26 Å². The predicted octanol–water partition coefficient (Wildman–Crippen LogP) is 2.62. The third-order valence-electron chi connectivity index (χ3n) is 5.67. The van der Waals surface area contributed by atoms with Gasteiger partial charge in [0.1, 0.15) is 10.5 Å². The van der Waals surface area contributed by atoms with Gasteiger partial charge in [0.25, 0.3) is 5.56 Å². The standard InChI is InChI=1S/C26H23ClN4O3S/c1-4-34-26(33)22-21(16-7-11-18(12-8-16)30(2)3)19(14-28)23(29)31-24(32)20(35-25(22)31)13-15-5-9-17(27)10-6-15/h5-13,21H,4,29H2,1-3H3/b20-13-. The molecule has 9 heteroatoms. The Balaban J connectivity index is 2.04. The molecule has 0 amide bonds. The molecule has 1 aliphatic rings. The number of ether oxygens (including phenoxy) is 1. The summed E-state index contributed by atoms with van der Waals surface area (Å²) in [4.78, 5) is 28.5. The second kappa shape index (κ2) is 9.82. The fourth-order valence-corrected chi connectivity index (χ4v) is 5.25. The number of esters is 1. The first-order valence-electron chi connectivity index (χ1n) is 10.8. The number of thiazole rings is 1. The van der Waals surface area contributed by atoms with E-state index in [4.69, 9.17) is 22.1 Å². The van der Waals surface area contributed by atoms with E-state index in [-0.39, 0.29) is 23.6 Å². The van der Waals surface area contributed by atoms with Crippen molar-refractivity contribution in [2.24, 2.45) is 5.73 Å². The molecule has 0 aliphatic carbocycles. The Labute approximate surface area is 211 Å². The topological polar surface area (TPSA) is 101 Å². The number of nitrogens with zero attached hydrogens (tertiary/aromatic N) is 3. The largest absolute Gasteiger partial charge is 0.463 e. The van der Waals surface area contributed by atoms with Crippen LogP contribution in [0.3, 0.4) is 0 Å². The van der Waals surface area contributed by atoms with E-state index in [1.807, 2.05) is 43.3 Å². The van der Waals surface area contributed by atoms with Crippen LogP contribution in [0.2, 0.25) is 5.02 Å². The van der Waals surface area contributed by atoms with Gasteiger partial charge in [-0.25, -0.2) is 4.79 Å². The van der Waals surface area contributed by atoms with Crippen molar-refractivity contribution in [2.45, 2.75) is 12.8 Å². The van der Waals surface area contributed by atoms with Gasteiger partial charge in [-0.05, 0) is 48.4 Å². The highest BCUT2D eigenvalue weighted by Gasteiger charge is 2.36. The lowest BCUT2D eigenvalue weighted by Crippen LogP contribution is -2.40. The van der Waals surface area contributed by atoms with E-state index >= 15 is 0 Å². The maximum absolute atomic E-state index is 13.4. The number of hydrogen-bond acceptors (Lipinski definition) is 7. The number of nitriles is 1. The molecule has 2 aromatic carbocycles. The summed E-state index contributed by atoms with van der Waals surface area (Å²) < 4.78 is 7.33. The molecule has 0 bridgehead atoms. The van der Waals surface area contributed by atoms with Gasteiger partial charge in [0.15, 0.2) is 0 Å². The van der Waals surface area contributed by atoms with Crippen LogP contribution in [0.15, 0.2) is 58.9 Å². The van der Waals surface area contributed by atoms with Gasteiger partial charge in [-0.3, -0.25) is 9.36 Å². The molecule has 178 valence electrons. The van der Waals surface area contributed by atoms with Crippen LogP contribution in [0.5, 0.6) is 0 Å². The molecule has 1 aromatic heterocycles. The lowest BCUT2D eigenvalue weighted by atomic mass is 9.84. The van der Waals surface area contributed by atoms with E-state index in [1.54, 1.807) is 37.3 Å². The minimum atomic E-state index is -0.767. The minimum absolute atomic E-state index is 0.00856. The quantitative estimate of drug-likeness (QED) is 0.534. The minimum Gasteiger partial charge on any atom is -0.463 e. The number of carbonyl (C=O) groups excluding carboxylic acids is 1. The average Bonchev–Trinajstić information content (AvgIpc) is 3.16. The van der Waals surface area contributed by atoms with Gasteiger partial charge >= 0.3 is 5.97 Å². The molecule has 0 saturated heterocycles. The van der Waals surface area contributed by atoms with Crippen molar-refractivity contribution in [2.75, 3.05) is 25.6 Å². The number of benzene rings is 2. The third-order valence-corrected chi connectivity index (χ3v) is 7.03. The summed E-state index contributed by atoms with van der Waals surface area (Å²) in [7, 11) is 3.85. The Bertz CT molecular complexity index is 1540. The molecule has 1 aliphatic heterocycles. The summed E-state index contributed by atoms with van der Waals surface area (Å²) in [5.74, 6) is -1.35. The summed E-state index contributed by atoms with van der Waals surface area (Å²) in [6.45, 7) is 1.86. The molecule has 1 atom stereocenters. The number of halogens is 1. The van der Waals surface area contributed by atoms with Crippen molar-refractivity contribution in [3.8, 4) is 6.07 Å². The van der Waals surface area contributed by atoms with E-state index in [1.165, 1.54) is 4.57 Å². The molecule has 7 nitrogen and oxygen atoms in total. The Morgan fingerprint density at radius 1 is 1.23 bits per heavy atom. The molecule has 4 rings (SSSR count). The summed E-state index contributed by atoms with van der Waals surface area (Å²) in [5, 5.41) is 10.6. The second-order valence-electron chi connectivity index (χ2n) is 8.07. The van der Waals surface area contributed by atoms with Crippen molar-refractivity contribution in [3.05, 3.63) is 89.8 Å². The van der Waals surface area contributed by atoms with Crippen LogP contribution >= 0.6 is 22.9 Å². The molecule has 0 spiro atoms. The SMILES string of the molecule is CCOC(=O)C1=c2s/c(=C\c3ccc(Cl)cc3)c(=O)n2C(N)=C(C#N)C1c1ccc(N(C)C)cc1. The Morgan fingerprint density at radius 3 is 2.46 bits per heavy atom. The highest BCUT2D eigenvalue weighted by molar-refractivity contribution is 7.07. The monoisotopic (exact) mass is 506 g/mol. The number of allylic oxidation sites excluding steroid dienone is 1. The van der Waals surface area contributed by atoms with Gasteiger partial charge in [-0.15, -0.1) is 11.3 Å². The van der Waals surface area contributed by atoms with Gasteiger partial charge in [0, 0.05) is 24.8 Å². The highest BCUT2D eigenvalue weighted by Crippen LogP contribution is 2.37. The van der Waals surface area contributed by atoms with Crippen LogP contribution in [0.1, 0.15) is 24.0 Å². The molecule has 0 fully saturated rings. The normalized spacial score (nSPS) is 15.6. The number of fused-ring (bicyclic) bond motifs is 1. The smallest absolute Gasteiger partial charge is 0.338 e. The first kappa shape index (κ1) is 24.3. The van der Waals surface area contributed by atoms with Crippen LogP contribution < -0.4 is 25.4 Å². The van der Waals surface area contributed by atoms with E-state index in [0.717, 1.165) is 22.6 Å². The summed E-state index contributed by atoms with van der Waals surface area (Å²) in [6.07, 6.45) is 1.71. The van der Waals surface area contributed by atoms with Crippen molar-refractivity contribution in [3.63, 3.8) is 0 Å². The predicted molar refractivity (Wildman–Crippen MR) is 139 cm³/mol. The molecule has 0 saturated carbocycles. The van der Waals surface area contributed by atoms with Gasteiger partial charge in [-0.2, -0.15) is 5.26 Å². The molecule has 2 heterocycles. The fraction of sp³-hybridized carbons (Fsp3) is 0.192. The number of hydrogen-bond donors (Lipinski definition) is 1. The van der Waals surface area contributed by atoms with Gasteiger partial charge < -0.3 is 15.4 Å². The number of nitrogens with two attached hydrogens (primary N) is 1. The van der Waals surface area contributed by atoms with Gasteiger partial charge in [-0.1, -0.05) is 35.9 Å². The van der Waals surface area contributed by atoms with Crippen molar-refractivity contribution >= 4 is 52.1 Å². The number of anilines is 1. The van der Waals surface area contributed by atoms with E-state index in [9.17, 15) is 14.9 Å². The maximum Gasteiger partial charge on any atom is 0.338 e. The lowest BCUT2D eigenvalue weighted by Gasteiger charge is -2.25. The van der Waals surface area contributed by atoms with E-state index in [0.29, 0.717) is 19.8 Å². The first-order valence-corrected chi connectivity index (χ1v) is 12.0. The molecule has 2 N–H and O–H groups in total. The Kier molecular flexibility index (Phi) is 6.83. The third kappa shape index (κ3) is 4.48. The van der Waals surface area contributed by atoms with Crippen LogP contribution in [-0.4, -0.2) is 31.2 Å². The van der Waals surface area contributed by atoms with E-state index in [2.05, 4.69) is 6.07 Å². The van der Waals surface area contributed by atoms with Crippen LogP contribution in [-0.2, 0) is 9.53 Å². The number of carbonyl (C=O) groups is 1. The molecular formula is C26H23ClN4O3S.